The molecule has 1 aromatic heterocycles. The average Bonchev–Trinajstić information content (AvgIpc) is 2.75. The van der Waals surface area contributed by atoms with E-state index in [1.165, 1.54) is 23.7 Å². The Hall–Kier alpha value is -2.16. The van der Waals surface area contributed by atoms with Crippen molar-refractivity contribution in [2.45, 2.75) is 0 Å². The van der Waals surface area contributed by atoms with Crippen LogP contribution in [0.2, 0.25) is 0 Å². The van der Waals surface area contributed by atoms with Gasteiger partial charge in [0.1, 0.15) is 23.4 Å². The van der Waals surface area contributed by atoms with Crippen LogP contribution in [0, 0.1) is 23.0 Å². The highest BCUT2D eigenvalue weighted by Crippen LogP contribution is 2.30. The molecule has 2 rings (SSSR count). The van der Waals surface area contributed by atoms with Gasteiger partial charge in [-0.2, -0.15) is 5.26 Å². The zero-order chi connectivity index (χ0) is 20.3. The number of aromatic nitrogens is 1. The minimum absolute atomic E-state index is 0.187. The van der Waals surface area contributed by atoms with E-state index in [0.717, 1.165) is 24.6 Å². The Bertz CT molecular complexity index is 1040. The number of hydrogen-bond acceptors (Lipinski definition) is 5. The van der Waals surface area contributed by atoms with E-state index in [1.807, 2.05) is 10.8 Å². The molecule has 0 atom stereocenters. The van der Waals surface area contributed by atoms with Gasteiger partial charge in [0, 0.05) is 17.7 Å². The monoisotopic (exact) mass is 425 g/mol. The van der Waals surface area contributed by atoms with Crippen LogP contribution in [0.5, 0.6) is 0 Å². The van der Waals surface area contributed by atoms with Gasteiger partial charge in [0.05, 0.1) is 29.5 Å². The first-order valence-electron chi connectivity index (χ1n) is 6.65. The highest BCUT2D eigenvalue weighted by molar-refractivity contribution is 8.13. The zero-order valence-corrected chi connectivity index (χ0v) is 16.2. The van der Waals surface area contributed by atoms with Crippen LogP contribution in [-0.2, 0) is 26.1 Å². The molecular formula is C14H14ClF2N3O4S2. The molecule has 0 aliphatic heterocycles. The van der Waals surface area contributed by atoms with Gasteiger partial charge < -0.3 is 4.57 Å². The van der Waals surface area contributed by atoms with Gasteiger partial charge in [-0.1, -0.05) is 0 Å². The summed E-state index contributed by atoms with van der Waals surface area (Å²) in [5.74, 6) is -1.85. The number of anilines is 1. The van der Waals surface area contributed by atoms with E-state index < -0.39 is 30.7 Å². The Balaban J connectivity index is 0.000000597. The molecule has 0 aliphatic rings. The number of benzene rings is 1. The summed E-state index contributed by atoms with van der Waals surface area (Å²) in [6.07, 6.45) is 1.81. The van der Waals surface area contributed by atoms with E-state index >= 15 is 0 Å². The van der Waals surface area contributed by atoms with Crippen molar-refractivity contribution in [3.8, 4) is 17.3 Å². The first-order valence-corrected chi connectivity index (χ1v) is 11.3. The van der Waals surface area contributed by atoms with Gasteiger partial charge in [-0.15, -0.1) is 0 Å². The van der Waals surface area contributed by atoms with Crippen molar-refractivity contribution < 1.29 is 25.6 Å². The molecule has 1 aromatic carbocycles. The van der Waals surface area contributed by atoms with Crippen LogP contribution in [0.3, 0.4) is 0 Å². The smallest absolute Gasteiger partial charge is 0.229 e. The molecule has 0 saturated heterocycles. The van der Waals surface area contributed by atoms with Crippen LogP contribution in [0.1, 0.15) is 5.69 Å². The summed E-state index contributed by atoms with van der Waals surface area (Å²) in [5, 5.41) is 8.85. The summed E-state index contributed by atoms with van der Waals surface area (Å²) in [6.45, 7) is 0. The van der Waals surface area contributed by atoms with Crippen LogP contribution in [0.4, 0.5) is 14.5 Å². The predicted molar refractivity (Wildman–Crippen MR) is 94.6 cm³/mol. The van der Waals surface area contributed by atoms with Crippen LogP contribution >= 0.6 is 10.7 Å². The van der Waals surface area contributed by atoms with E-state index in [0.29, 0.717) is 0 Å². The van der Waals surface area contributed by atoms with E-state index in [1.54, 1.807) is 0 Å². The molecule has 0 unspecified atom stereocenters. The fourth-order valence-corrected chi connectivity index (χ4v) is 2.51. The molecule has 12 heteroatoms. The van der Waals surface area contributed by atoms with Crippen molar-refractivity contribution in [3.63, 3.8) is 0 Å². The summed E-state index contributed by atoms with van der Waals surface area (Å²) in [6, 6.07) is 6.53. The highest BCUT2D eigenvalue weighted by atomic mass is 35.7. The topological polar surface area (TPSA) is 109 Å². The molecule has 1 N–H and O–H groups in total. The maximum atomic E-state index is 14.1. The lowest BCUT2D eigenvalue weighted by Crippen LogP contribution is -2.10. The summed E-state index contributed by atoms with van der Waals surface area (Å²) in [7, 11) is -0.811. The predicted octanol–water partition coefficient (Wildman–Crippen LogP) is 2.40. The van der Waals surface area contributed by atoms with Gasteiger partial charge in [-0.05, 0) is 24.3 Å². The number of halogens is 3. The third-order valence-corrected chi connectivity index (χ3v) is 3.44. The third-order valence-electron chi connectivity index (χ3n) is 2.84. The number of rotatable bonds is 3. The van der Waals surface area contributed by atoms with E-state index in [-0.39, 0.29) is 22.6 Å². The summed E-state index contributed by atoms with van der Waals surface area (Å²) >= 11 is 0. The minimum atomic E-state index is -3.63. The number of nitriles is 1. The van der Waals surface area contributed by atoms with Gasteiger partial charge in [-0.25, -0.2) is 25.6 Å². The molecule has 7 nitrogen and oxygen atoms in total. The summed E-state index contributed by atoms with van der Waals surface area (Å²) in [5.41, 5.74) is -0.0846. The molecule has 0 saturated carbocycles. The number of nitrogens with zero attached hydrogens (tertiary/aromatic N) is 2. The molecule has 26 heavy (non-hydrogen) atoms. The van der Waals surface area contributed by atoms with Gasteiger partial charge >= 0.3 is 0 Å². The minimum Gasteiger partial charge on any atom is -0.335 e. The number of sulfonamides is 1. The molecule has 0 aliphatic carbocycles. The average molecular weight is 426 g/mol. The first-order chi connectivity index (χ1) is 11.7. The van der Waals surface area contributed by atoms with Gasteiger partial charge in [0.2, 0.25) is 19.1 Å². The maximum absolute atomic E-state index is 14.1. The fraction of sp³-hybridized carbons (Fsp3) is 0.214. The lowest BCUT2D eigenvalue weighted by Gasteiger charge is -2.10. The van der Waals surface area contributed by atoms with Crippen molar-refractivity contribution in [1.82, 2.24) is 4.57 Å². The van der Waals surface area contributed by atoms with Crippen LogP contribution in [0.25, 0.3) is 11.3 Å². The van der Waals surface area contributed by atoms with Gasteiger partial charge in [0.15, 0.2) is 0 Å². The second-order valence-electron chi connectivity index (χ2n) is 5.15. The third kappa shape index (κ3) is 6.62. The van der Waals surface area contributed by atoms with Crippen molar-refractivity contribution in [2.24, 2.45) is 7.05 Å². The van der Waals surface area contributed by atoms with E-state index in [9.17, 15) is 25.6 Å². The maximum Gasteiger partial charge on any atom is 0.229 e. The standard InChI is InChI=1S/C13H11F2N3O2S.CH3ClO2S/c1-18-9(7-16)3-4-12(18)13-10(14)5-8(6-11(13)15)17-21(2,19)20;1-5(2,3)4/h3-6,17H,1-2H3;1H3. The largest absolute Gasteiger partial charge is 0.335 e. The SMILES string of the molecule is CS(=O)(=O)Cl.Cn1c(C#N)ccc1-c1c(F)cc(NS(C)(=O)=O)cc1F. The molecular weight excluding hydrogens is 412 g/mol. The molecule has 0 fully saturated rings. The molecule has 2 aromatic rings. The Morgan fingerprint density at radius 1 is 1.12 bits per heavy atom. The Kier molecular flexibility index (Phi) is 6.76. The molecule has 0 amide bonds. The van der Waals surface area contributed by atoms with Crippen LogP contribution in [-0.4, -0.2) is 33.9 Å². The summed E-state index contributed by atoms with van der Waals surface area (Å²) in [4.78, 5) is 0. The van der Waals surface area contributed by atoms with Crippen molar-refractivity contribution in [3.05, 3.63) is 41.6 Å². The normalized spacial score (nSPS) is 11.3. The second-order valence-corrected chi connectivity index (χ2v) is 9.94. The molecule has 0 bridgehead atoms. The van der Waals surface area contributed by atoms with Crippen molar-refractivity contribution in [2.75, 3.05) is 17.2 Å². The lowest BCUT2D eigenvalue weighted by molar-refractivity contribution is 0.587. The number of hydrogen-bond donors (Lipinski definition) is 1. The van der Waals surface area contributed by atoms with Crippen LogP contribution < -0.4 is 4.72 Å². The fourth-order valence-electron chi connectivity index (χ4n) is 1.97. The number of nitrogens with one attached hydrogen (secondary N) is 1. The Morgan fingerprint density at radius 3 is 1.92 bits per heavy atom. The zero-order valence-electron chi connectivity index (χ0n) is 13.8. The quantitative estimate of drug-likeness (QED) is 0.759. The molecule has 1 heterocycles. The lowest BCUT2D eigenvalue weighted by atomic mass is 10.1. The molecule has 142 valence electrons. The molecule has 0 spiro atoms. The summed E-state index contributed by atoms with van der Waals surface area (Å²) < 4.78 is 72.5. The molecule has 0 radical (unpaired) electrons. The van der Waals surface area contributed by atoms with E-state index in [4.69, 9.17) is 5.26 Å². The first kappa shape index (κ1) is 21.9. The van der Waals surface area contributed by atoms with Crippen LogP contribution in [0.15, 0.2) is 24.3 Å². The Morgan fingerprint density at radius 2 is 1.58 bits per heavy atom. The van der Waals surface area contributed by atoms with Crippen molar-refractivity contribution >= 4 is 35.4 Å². The second kappa shape index (κ2) is 8.03. The van der Waals surface area contributed by atoms with Gasteiger partial charge in [-0.3, -0.25) is 4.72 Å². The highest BCUT2D eigenvalue weighted by Gasteiger charge is 2.18. The van der Waals surface area contributed by atoms with Gasteiger partial charge in [0.25, 0.3) is 0 Å². The Labute approximate surface area is 154 Å². The van der Waals surface area contributed by atoms with Crippen molar-refractivity contribution in [1.29, 1.82) is 5.26 Å². The van der Waals surface area contributed by atoms with E-state index in [2.05, 4.69) is 10.7 Å².